The van der Waals surface area contributed by atoms with Gasteiger partial charge in [0.05, 0.1) is 16.1 Å². The molecule has 4 nitrogen and oxygen atoms in total. The van der Waals surface area contributed by atoms with Crippen LogP contribution < -0.4 is 5.32 Å². The topological polar surface area (TPSA) is 54.4 Å². The smallest absolute Gasteiger partial charge is 0.264 e. The first kappa shape index (κ1) is 16.8. The van der Waals surface area contributed by atoms with Crippen LogP contribution in [0.4, 0.5) is 5.69 Å². The number of amides is 1. The SMILES string of the molecule is Cc1cc(Cl)ccc1/N=C1/NC(=O)/C(=C/c2ccc3ncccc3c2)S1. The molecule has 1 aliphatic rings. The third-order valence-electron chi connectivity index (χ3n) is 3.96. The Kier molecular flexibility index (Phi) is 4.49. The fraction of sp³-hybridized carbons (Fsp3) is 0.0500. The Morgan fingerprint density at radius 1 is 1.19 bits per heavy atom. The van der Waals surface area contributed by atoms with Crippen molar-refractivity contribution in [1.29, 1.82) is 0 Å². The van der Waals surface area contributed by atoms with Gasteiger partial charge in [-0.1, -0.05) is 23.7 Å². The van der Waals surface area contributed by atoms with E-state index in [0.717, 1.165) is 27.7 Å². The molecule has 2 aromatic carbocycles. The average molecular weight is 380 g/mol. The number of benzene rings is 2. The second-order valence-corrected chi connectivity index (χ2v) is 7.34. The molecule has 1 aliphatic heterocycles. The molecule has 0 bridgehead atoms. The standard InChI is InChI=1S/C20H14ClN3OS/c1-12-9-15(21)5-7-16(12)23-20-24-19(25)18(26-20)11-13-4-6-17-14(10-13)3-2-8-22-17/h2-11H,1H3,(H,23,24,25)/b18-11-. The van der Waals surface area contributed by atoms with Crippen LogP contribution in [0.2, 0.25) is 5.02 Å². The fourth-order valence-corrected chi connectivity index (χ4v) is 3.73. The predicted molar refractivity (Wildman–Crippen MR) is 109 cm³/mol. The number of nitrogens with one attached hydrogen (secondary N) is 1. The number of carbonyl (C=O) groups is 1. The van der Waals surface area contributed by atoms with E-state index >= 15 is 0 Å². The van der Waals surface area contributed by atoms with Crippen molar-refractivity contribution in [3.63, 3.8) is 0 Å². The first-order chi connectivity index (χ1) is 12.6. The molecule has 0 radical (unpaired) electrons. The van der Waals surface area contributed by atoms with E-state index in [1.807, 2.05) is 55.5 Å². The molecule has 26 heavy (non-hydrogen) atoms. The van der Waals surface area contributed by atoms with E-state index < -0.39 is 0 Å². The van der Waals surface area contributed by atoms with Gasteiger partial charge in [-0.15, -0.1) is 0 Å². The Morgan fingerprint density at radius 2 is 2.08 bits per heavy atom. The number of thioether (sulfide) groups is 1. The molecule has 1 N–H and O–H groups in total. The molecule has 1 saturated heterocycles. The lowest BCUT2D eigenvalue weighted by molar-refractivity contribution is -0.115. The molecular weight excluding hydrogens is 366 g/mol. The maximum Gasteiger partial charge on any atom is 0.264 e. The first-order valence-electron chi connectivity index (χ1n) is 7.99. The highest BCUT2D eigenvalue weighted by Crippen LogP contribution is 2.30. The van der Waals surface area contributed by atoms with Crippen molar-refractivity contribution in [1.82, 2.24) is 10.3 Å². The van der Waals surface area contributed by atoms with Crippen LogP contribution in [0.25, 0.3) is 17.0 Å². The minimum Gasteiger partial charge on any atom is -0.300 e. The number of aryl methyl sites for hydroxylation is 1. The van der Waals surface area contributed by atoms with Crippen LogP contribution in [0.1, 0.15) is 11.1 Å². The fourth-order valence-electron chi connectivity index (χ4n) is 2.67. The van der Waals surface area contributed by atoms with Gasteiger partial charge in [-0.2, -0.15) is 0 Å². The monoisotopic (exact) mass is 379 g/mol. The molecule has 0 atom stereocenters. The van der Waals surface area contributed by atoms with Crippen molar-refractivity contribution in [2.75, 3.05) is 0 Å². The molecule has 1 amide bonds. The van der Waals surface area contributed by atoms with Crippen molar-refractivity contribution in [2.24, 2.45) is 4.99 Å². The van der Waals surface area contributed by atoms with E-state index in [9.17, 15) is 4.79 Å². The van der Waals surface area contributed by atoms with E-state index in [1.165, 1.54) is 11.8 Å². The highest BCUT2D eigenvalue weighted by molar-refractivity contribution is 8.18. The summed E-state index contributed by atoms with van der Waals surface area (Å²) in [6.45, 7) is 1.94. The number of nitrogens with zero attached hydrogens (tertiary/aromatic N) is 2. The summed E-state index contributed by atoms with van der Waals surface area (Å²) in [7, 11) is 0. The number of hydrogen-bond acceptors (Lipinski definition) is 4. The summed E-state index contributed by atoms with van der Waals surface area (Å²) in [5.74, 6) is -0.147. The van der Waals surface area contributed by atoms with Crippen LogP contribution in [0.15, 0.2) is 64.6 Å². The highest BCUT2D eigenvalue weighted by atomic mass is 35.5. The molecule has 128 valence electrons. The number of rotatable bonds is 2. The van der Waals surface area contributed by atoms with Crippen molar-refractivity contribution in [2.45, 2.75) is 6.92 Å². The summed E-state index contributed by atoms with van der Waals surface area (Å²) in [5.41, 5.74) is 3.63. The van der Waals surface area contributed by atoms with Crippen LogP contribution in [-0.2, 0) is 4.79 Å². The number of carbonyl (C=O) groups excluding carboxylic acids is 1. The largest absolute Gasteiger partial charge is 0.300 e. The summed E-state index contributed by atoms with van der Waals surface area (Å²) in [5, 5.41) is 5.08. The molecule has 3 aromatic rings. The van der Waals surface area contributed by atoms with Crippen LogP contribution in [0.3, 0.4) is 0 Å². The Morgan fingerprint density at radius 3 is 2.92 bits per heavy atom. The Bertz CT molecular complexity index is 1090. The summed E-state index contributed by atoms with van der Waals surface area (Å²) in [6, 6.07) is 15.3. The zero-order valence-electron chi connectivity index (χ0n) is 13.9. The van der Waals surface area contributed by atoms with Gasteiger partial charge in [-0.05, 0) is 72.3 Å². The van der Waals surface area contributed by atoms with Gasteiger partial charge in [0.15, 0.2) is 5.17 Å². The molecule has 1 aromatic heterocycles. The van der Waals surface area contributed by atoms with Gasteiger partial charge in [0, 0.05) is 16.6 Å². The van der Waals surface area contributed by atoms with Gasteiger partial charge in [0.25, 0.3) is 5.91 Å². The van der Waals surface area contributed by atoms with Gasteiger partial charge in [0.2, 0.25) is 0 Å². The third-order valence-corrected chi connectivity index (χ3v) is 5.10. The maximum atomic E-state index is 12.3. The molecule has 1 fully saturated rings. The van der Waals surface area contributed by atoms with Crippen molar-refractivity contribution < 1.29 is 4.79 Å². The lowest BCUT2D eigenvalue weighted by Crippen LogP contribution is -2.19. The van der Waals surface area contributed by atoms with Crippen molar-refractivity contribution >= 4 is 57.1 Å². The number of pyridine rings is 1. The third kappa shape index (κ3) is 3.49. The normalized spacial score (nSPS) is 17.2. The molecule has 0 saturated carbocycles. The van der Waals surface area contributed by atoms with E-state index in [2.05, 4.69) is 15.3 Å². The van der Waals surface area contributed by atoms with Crippen LogP contribution in [-0.4, -0.2) is 16.1 Å². The van der Waals surface area contributed by atoms with Gasteiger partial charge in [-0.25, -0.2) is 4.99 Å². The van der Waals surface area contributed by atoms with E-state index in [4.69, 9.17) is 11.6 Å². The number of aliphatic imine (C=N–C) groups is 1. The van der Waals surface area contributed by atoms with Crippen molar-refractivity contribution in [3.8, 4) is 0 Å². The van der Waals surface area contributed by atoms with E-state index in [-0.39, 0.29) is 5.91 Å². The maximum absolute atomic E-state index is 12.3. The second-order valence-electron chi connectivity index (χ2n) is 5.87. The molecule has 0 unspecified atom stereocenters. The van der Waals surface area contributed by atoms with Gasteiger partial charge in [0.1, 0.15) is 0 Å². The van der Waals surface area contributed by atoms with E-state index in [1.54, 1.807) is 12.3 Å². The molecule has 6 heteroatoms. The zero-order chi connectivity index (χ0) is 18.1. The lowest BCUT2D eigenvalue weighted by Gasteiger charge is -2.01. The Balaban J connectivity index is 1.62. The molecule has 0 aliphatic carbocycles. The summed E-state index contributed by atoms with van der Waals surface area (Å²) < 4.78 is 0. The number of aromatic nitrogens is 1. The molecule has 2 heterocycles. The predicted octanol–water partition coefficient (Wildman–Crippen LogP) is 5.09. The number of hydrogen-bond donors (Lipinski definition) is 1. The minimum absolute atomic E-state index is 0.147. The number of halogens is 1. The Labute approximate surface area is 160 Å². The van der Waals surface area contributed by atoms with Gasteiger partial charge >= 0.3 is 0 Å². The van der Waals surface area contributed by atoms with Gasteiger partial charge < -0.3 is 5.32 Å². The highest BCUT2D eigenvalue weighted by Gasteiger charge is 2.24. The summed E-state index contributed by atoms with van der Waals surface area (Å²) >= 11 is 7.30. The lowest BCUT2D eigenvalue weighted by atomic mass is 10.1. The quantitative estimate of drug-likeness (QED) is 0.631. The first-order valence-corrected chi connectivity index (χ1v) is 9.18. The van der Waals surface area contributed by atoms with Crippen LogP contribution >= 0.6 is 23.4 Å². The average Bonchev–Trinajstić information content (AvgIpc) is 2.96. The number of fused-ring (bicyclic) bond motifs is 1. The summed E-state index contributed by atoms with van der Waals surface area (Å²) in [6.07, 6.45) is 3.63. The van der Waals surface area contributed by atoms with Gasteiger partial charge in [-0.3, -0.25) is 9.78 Å². The van der Waals surface area contributed by atoms with E-state index in [0.29, 0.717) is 15.1 Å². The number of amidine groups is 1. The Hall–Kier alpha value is -2.63. The molecule has 0 spiro atoms. The van der Waals surface area contributed by atoms with Crippen molar-refractivity contribution in [3.05, 3.63) is 75.8 Å². The minimum atomic E-state index is -0.147. The summed E-state index contributed by atoms with van der Waals surface area (Å²) in [4.78, 5) is 21.7. The van der Waals surface area contributed by atoms with Crippen LogP contribution in [0, 0.1) is 6.92 Å². The molecule has 4 rings (SSSR count). The zero-order valence-corrected chi connectivity index (χ0v) is 15.4. The second kappa shape index (κ2) is 6.94. The van der Waals surface area contributed by atoms with Crippen LogP contribution in [0.5, 0.6) is 0 Å². The molecular formula is C20H14ClN3OS.